The van der Waals surface area contributed by atoms with Crippen LogP contribution in [0, 0.1) is 5.92 Å². The molecule has 0 spiro atoms. The van der Waals surface area contributed by atoms with E-state index in [0.29, 0.717) is 24.8 Å². The predicted molar refractivity (Wildman–Crippen MR) is 144 cm³/mol. The highest BCUT2D eigenvalue weighted by atomic mass is 16.6. The normalized spacial score (nSPS) is 13.2. The van der Waals surface area contributed by atoms with Gasteiger partial charge >= 0.3 is 23.9 Å². The van der Waals surface area contributed by atoms with Crippen LogP contribution in [0.2, 0.25) is 0 Å². The summed E-state index contributed by atoms with van der Waals surface area (Å²) in [6.45, 7) is 7.68. The Bertz CT molecular complexity index is 916. The number of methoxy groups -OCH3 is 1. The van der Waals surface area contributed by atoms with E-state index in [1.807, 2.05) is 20.8 Å². The van der Waals surface area contributed by atoms with Gasteiger partial charge in [-0.1, -0.05) is 59.4 Å². The minimum absolute atomic E-state index is 0.0195. The van der Waals surface area contributed by atoms with E-state index in [-0.39, 0.29) is 55.7 Å². The number of ether oxygens (including phenoxy) is 4. The molecule has 0 fully saturated rings. The zero-order chi connectivity index (χ0) is 28.6. The first-order valence-corrected chi connectivity index (χ1v) is 13.7. The van der Waals surface area contributed by atoms with Crippen LogP contribution >= 0.6 is 0 Å². The molecule has 0 aliphatic carbocycles. The summed E-state index contributed by atoms with van der Waals surface area (Å²) in [6, 6.07) is 4.73. The van der Waals surface area contributed by atoms with Crippen molar-refractivity contribution in [3.8, 4) is 11.5 Å². The van der Waals surface area contributed by atoms with Crippen molar-refractivity contribution in [1.29, 1.82) is 0 Å². The van der Waals surface area contributed by atoms with E-state index in [9.17, 15) is 19.2 Å². The molecule has 1 rings (SSSR count). The molecule has 214 valence electrons. The number of rotatable bonds is 18. The van der Waals surface area contributed by atoms with Gasteiger partial charge < -0.3 is 24.7 Å². The Hall–Kier alpha value is -2.94. The number of unbranched alkanes of at least 4 members (excludes halogenated alkanes) is 4. The lowest BCUT2D eigenvalue weighted by molar-refractivity contribution is -0.153. The van der Waals surface area contributed by atoms with Gasteiger partial charge in [0, 0.05) is 25.7 Å². The lowest BCUT2D eigenvalue weighted by atomic mass is 9.88. The fraction of sp³-hybridized carbons (Fsp3) is 0.655. The van der Waals surface area contributed by atoms with Crippen molar-refractivity contribution in [2.75, 3.05) is 13.7 Å². The maximum absolute atomic E-state index is 12.6. The van der Waals surface area contributed by atoms with Crippen LogP contribution in [0.3, 0.4) is 0 Å². The molecule has 0 bridgehead atoms. The van der Waals surface area contributed by atoms with E-state index in [4.69, 9.17) is 24.7 Å². The van der Waals surface area contributed by atoms with Gasteiger partial charge in [0.15, 0.2) is 11.5 Å². The average Bonchev–Trinajstić information content (AvgIpc) is 2.89. The molecule has 0 saturated carbocycles. The van der Waals surface area contributed by atoms with Crippen LogP contribution in [0.1, 0.15) is 97.5 Å². The van der Waals surface area contributed by atoms with Crippen molar-refractivity contribution in [3.63, 3.8) is 0 Å². The molecule has 2 atom stereocenters. The standard InChI is InChI=1S/C29H45NO8/c1-6-9-11-13-25(31)37-23-16-15-22(19-24(23)38-26(32)14-12-10-7-2)20-29(30,28(34)35-5)17-18-36-27(33)21(4)8-3/h15-16,19,21H,6-14,17-18,20,30H2,1-5H3/t21?,29-/m1/s1. The monoisotopic (exact) mass is 535 g/mol. The van der Waals surface area contributed by atoms with E-state index in [2.05, 4.69) is 0 Å². The highest BCUT2D eigenvalue weighted by molar-refractivity contribution is 5.81. The zero-order valence-corrected chi connectivity index (χ0v) is 23.6. The Kier molecular flexibility index (Phi) is 15.3. The van der Waals surface area contributed by atoms with Crippen molar-refractivity contribution >= 4 is 23.9 Å². The molecule has 0 saturated heterocycles. The minimum atomic E-state index is -1.49. The van der Waals surface area contributed by atoms with E-state index in [1.54, 1.807) is 19.1 Å². The van der Waals surface area contributed by atoms with E-state index in [1.165, 1.54) is 13.2 Å². The molecule has 0 heterocycles. The third kappa shape index (κ3) is 11.6. The number of hydrogen-bond donors (Lipinski definition) is 1. The maximum atomic E-state index is 12.6. The third-order valence-electron chi connectivity index (χ3n) is 6.34. The number of carbonyl (C=O) groups excluding carboxylic acids is 4. The molecule has 1 aromatic carbocycles. The van der Waals surface area contributed by atoms with Crippen LogP contribution in [-0.4, -0.2) is 43.1 Å². The molecular weight excluding hydrogens is 490 g/mol. The summed E-state index contributed by atoms with van der Waals surface area (Å²) < 4.78 is 21.3. The van der Waals surface area contributed by atoms with Crippen molar-refractivity contribution in [2.24, 2.45) is 11.7 Å². The summed E-state index contributed by atoms with van der Waals surface area (Å²) in [4.78, 5) is 49.4. The largest absolute Gasteiger partial charge is 0.468 e. The highest BCUT2D eigenvalue weighted by Gasteiger charge is 2.36. The summed E-state index contributed by atoms with van der Waals surface area (Å²) in [5, 5.41) is 0. The molecular formula is C29H45NO8. The lowest BCUT2D eigenvalue weighted by Gasteiger charge is -2.27. The maximum Gasteiger partial charge on any atom is 0.326 e. The van der Waals surface area contributed by atoms with Gasteiger partial charge in [0.2, 0.25) is 0 Å². The number of esters is 4. The smallest absolute Gasteiger partial charge is 0.326 e. The molecule has 0 aromatic heterocycles. The number of nitrogens with two attached hydrogens (primary N) is 1. The van der Waals surface area contributed by atoms with Gasteiger partial charge in [-0.3, -0.25) is 19.2 Å². The molecule has 9 nitrogen and oxygen atoms in total. The number of hydrogen-bond acceptors (Lipinski definition) is 9. The van der Waals surface area contributed by atoms with Crippen molar-refractivity contribution in [1.82, 2.24) is 0 Å². The second-order valence-corrected chi connectivity index (χ2v) is 9.69. The summed E-state index contributed by atoms with van der Waals surface area (Å²) in [5.41, 5.74) is 5.51. The van der Waals surface area contributed by atoms with Gasteiger partial charge in [-0.05, 0) is 37.0 Å². The lowest BCUT2D eigenvalue weighted by Crippen LogP contribution is -2.51. The molecule has 0 radical (unpaired) electrons. The molecule has 38 heavy (non-hydrogen) atoms. The first kappa shape index (κ1) is 33.1. The molecule has 0 aliphatic heterocycles. The van der Waals surface area contributed by atoms with E-state index < -0.39 is 23.4 Å². The Morgan fingerprint density at radius 2 is 1.47 bits per heavy atom. The predicted octanol–water partition coefficient (Wildman–Crippen LogP) is 5.05. The summed E-state index contributed by atoms with van der Waals surface area (Å²) in [6.07, 6.45) is 6.29. The topological polar surface area (TPSA) is 131 Å². The Morgan fingerprint density at radius 1 is 0.895 bits per heavy atom. The molecule has 9 heteroatoms. The first-order valence-electron chi connectivity index (χ1n) is 13.7. The summed E-state index contributed by atoms with van der Waals surface area (Å²) in [7, 11) is 1.24. The minimum Gasteiger partial charge on any atom is -0.468 e. The van der Waals surface area contributed by atoms with Crippen LogP contribution in [0.15, 0.2) is 18.2 Å². The SMILES string of the molecule is CCCCCC(=O)Oc1ccc(C[C@](N)(CCOC(=O)C(C)CC)C(=O)OC)cc1OC(=O)CCCCC. The second-order valence-electron chi connectivity index (χ2n) is 9.69. The van der Waals surface area contributed by atoms with Crippen molar-refractivity contribution in [2.45, 2.75) is 104 Å². The molecule has 2 N–H and O–H groups in total. The van der Waals surface area contributed by atoms with Gasteiger partial charge in [0.05, 0.1) is 19.6 Å². The van der Waals surface area contributed by atoms with Crippen LogP contribution in [0.5, 0.6) is 11.5 Å². The number of benzene rings is 1. The average molecular weight is 536 g/mol. The summed E-state index contributed by atoms with van der Waals surface area (Å²) >= 11 is 0. The fourth-order valence-corrected chi connectivity index (χ4v) is 3.69. The molecule has 0 amide bonds. The molecule has 1 unspecified atom stereocenters. The van der Waals surface area contributed by atoms with Gasteiger partial charge in [0.25, 0.3) is 0 Å². The van der Waals surface area contributed by atoms with Crippen LogP contribution in [0.4, 0.5) is 0 Å². The number of carbonyl (C=O) groups is 4. The van der Waals surface area contributed by atoms with Gasteiger partial charge in [-0.15, -0.1) is 0 Å². The van der Waals surface area contributed by atoms with Crippen LogP contribution < -0.4 is 15.2 Å². The first-order chi connectivity index (χ1) is 18.1. The Balaban J connectivity index is 3.12. The van der Waals surface area contributed by atoms with Crippen molar-refractivity contribution < 1.29 is 38.1 Å². The van der Waals surface area contributed by atoms with Crippen LogP contribution in [-0.2, 0) is 35.1 Å². The third-order valence-corrected chi connectivity index (χ3v) is 6.34. The highest BCUT2D eigenvalue weighted by Crippen LogP contribution is 2.31. The van der Waals surface area contributed by atoms with Gasteiger partial charge in [-0.2, -0.15) is 0 Å². The summed E-state index contributed by atoms with van der Waals surface area (Å²) in [5.74, 6) is -1.93. The Labute approximate surface area is 226 Å². The van der Waals surface area contributed by atoms with Gasteiger partial charge in [0.1, 0.15) is 5.54 Å². The Morgan fingerprint density at radius 3 is 2.00 bits per heavy atom. The van der Waals surface area contributed by atoms with Crippen LogP contribution in [0.25, 0.3) is 0 Å². The quantitative estimate of drug-likeness (QED) is 0.156. The fourth-order valence-electron chi connectivity index (χ4n) is 3.69. The zero-order valence-electron chi connectivity index (χ0n) is 23.6. The van der Waals surface area contributed by atoms with E-state index in [0.717, 1.165) is 25.7 Å². The van der Waals surface area contributed by atoms with Crippen molar-refractivity contribution in [3.05, 3.63) is 23.8 Å². The molecule has 0 aliphatic rings. The van der Waals surface area contributed by atoms with E-state index >= 15 is 0 Å². The van der Waals surface area contributed by atoms with Gasteiger partial charge in [-0.25, -0.2) is 0 Å². The molecule has 1 aromatic rings. The second kappa shape index (κ2) is 17.5.